The van der Waals surface area contributed by atoms with Gasteiger partial charge in [0.15, 0.2) is 5.96 Å². The van der Waals surface area contributed by atoms with Gasteiger partial charge in [-0.25, -0.2) is 0 Å². The fourth-order valence-electron chi connectivity index (χ4n) is 1.28. The van der Waals surface area contributed by atoms with Crippen molar-refractivity contribution in [3.63, 3.8) is 0 Å². The molecule has 0 aromatic carbocycles. The second-order valence-corrected chi connectivity index (χ2v) is 5.81. The summed E-state index contributed by atoms with van der Waals surface area (Å²) in [5.41, 5.74) is 9.40. The molecule has 0 saturated carbocycles. The van der Waals surface area contributed by atoms with Crippen molar-refractivity contribution in [3.8, 4) is 0 Å². The number of rotatable bonds is 8. The molecule has 11 nitrogen and oxygen atoms in total. The number of amides is 2. The fraction of sp³-hybridized carbons (Fsp3) is 0.583. The Hall–Kier alpha value is -0.180. The van der Waals surface area contributed by atoms with Gasteiger partial charge in [0.2, 0.25) is 11.8 Å². The van der Waals surface area contributed by atoms with E-state index in [4.69, 9.17) is 29.0 Å². The van der Waals surface area contributed by atoms with Gasteiger partial charge < -0.3 is 31.2 Å². The van der Waals surface area contributed by atoms with Crippen molar-refractivity contribution in [3.05, 3.63) is 12.7 Å². The maximum Gasteiger partial charge on any atom is 1.00 e. The van der Waals surface area contributed by atoms with E-state index in [9.17, 15) is 9.59 Å². The van der Waals surface area contributed by atoms with E-state index in [-0.39, 0.29) is 76.9 Å². The average molecular weight is 411 g/mol. The van der Waals surface area contributed by atoms with Gasteiger partial charge in [-0.3, -0.25) is 23.0 Å². The van der Waals surface area contributed by atoms with Crippen LogP contribution in [0, 0.1) is 0 Å². The van der Waals surface area contributed by atoms with Crippen LogP contribution in [-0.2, 0) is 20.0 Å². The summed E-state index contributed by atoms with van der Waals surface area (Å²) in [6.45, 7) is 7.64. The number of nitrogens with one attached hydrogen (secondary N) is 2. The molecule has 0 aromatic heterocycles. The zero-order valence-electron chi connectivity index (χ0n) is 15.6. The maximum atomic E-state index is 11.8. The first kappa shape index (κ1) is 33.4. The quantitative estimate of drug-likeness (QED) is 0.0573. The molecule has 0 spiro atoms. The smallest absolute Gasteiger partial charge is 0.759 e. The van der Waals surface area contributed by atoms with Crippen molar-refractivity contribution < 1.29 is 86.2 Å². The summed E-state index contributed by atoms with van der Waals surface area (Å²) < 4.78 is 34.1. The molecule has 0 radical (unpaired) electrons. The number of nitrogens with two attached hydrogens (primary N) is 2. The Labute approximate surface area is 198 Å². The first-order valence-electron chi connectivity index (χ1n) is 6.74. The molecule has 0 saturated heterocycles. The van der Waals surface area contributed by atoms with Gasteiger partial charge >= 0.3 is 59.1 Å². The van der Waals surface area contributed by atoms with Crippen LogP contribution < -0.4 is 81.2 Å². The van der Waals surface area contributed by atoms with Crippen LogP contribution >= 0.6 is 0 Å². The van der Waals surface area contributed by atoms with Crippen molar-refractivity contribution in [1.29, 1.82) is 0 Å². The van der Waals surface area contributed by atoms with Crippen molar-refractivity contribution in [2.45, 2.75) is 32.2 Å². The van der Waals surface area contributed by atoms with Crippen molar-refractivity contribution in [2.24, 2.45) is 16.5 Å². The second kappa shape index (κ2) is 17.0. The standard InChI is InChI=1S/C12H23N5O2.2Na.H2O4S/c1-4-9(18)17-12(2,3)10(19)15-7-5-6-8-16-11(13)14;;;1-5(2,3)4/h4H,1,5-8H2,2-3H3,(H,15,19)(H,17,18)(H4,13,14,16);;;(H2,1,2,3,4)/q;2*+1;/p-2. The molecule has 0 aliphatic carbocycles. The van der Waals surface area contributed by atoms with Crippen LogP contribution in [-0.4, -0.2) is 53.9 Å². The summed E-state index contributed by atoms with van der Waals surface area (Å²) in [6, 6.07) is 0. The molecule has 0 bridgehead atoms. The minimum atomic E-state index is -5.17. The van der Waals surface area contributed by atoms with Crippen LogP contribution in [0.1, 0.15) is 26.7 Å². The zero-order chi connectivity index (χ0) is 19.4. The third kappa shape index (κ3) is 26.1. The molecule has 140 valence electrons. The van der Waals surface area contributed by atoms with Crippen molar-refractivity contribution >= 4 is 28.2 Å². The van der Waals surface area contributed by atoms with Crippen LogP contribution in [0.2, 0.25) is 0 Å². The number of nitrogens with zero attached hydrogens (tertiary/aromatic N) is 1. The monoisotopic (exact) mass is 411 g/mol. The fourth-order valence-corrected chi connectivity index (χ4v) is 1.28. The van der Waals surface area contributed by atoms with Gasteiger partial charge in [0.25, 0.3) is 0 Å². The number of carbonyl (C=O) groups excluding carboxylic acids is 2. The molecular weight excluding hydrogens is 388 g/mol. The van der Waals surface area contributed by atoms with Crippen LogP contribution in [0.5, 0.6) is 0 Å². The molecule has 0 aromatic rings. The molecule has 0 fully saturated rings. The van der Waals surface area contributed by atoms with E-state index < -0.39 is 15.9 Å². The van der Waals surface area contributed by atoms with E-state index in [1.54, 1.807) is 13.8 Å². The molecule has 0 aliphatic rings. The molecule has 0 aliphatic heterocycles. The molecular formula is C12H23N5Na2O6S. The predicted octanol–water partition coefficient (Wildman–Crippen LogP) is -8.09. The van der Waals surface area contributed by atoms with E-state index in [1.807, 2.05) is 0 Å². The zero-order valence-corrected chi connectivity index (χ0v) is 20.4. The van der Waals surface area contributed by atoms with E-state index in [1.165, 1.54) is 0 Å². The number of unbranched alkanes of at least 4 members (excludes halogenated alkanes) is 1. The van der Waals surface area contributed by atoms with E-state index in [0.29, 0.717) is 13.1 Å². The molecule has 2 amide bonds. The number of hydrogen-bond donors (Lipinski definition) is 4. The van der Waals surface area contributed by atoms with Crippen molar-refractivity contribution in [2.75, 3.05) is 13.1 Å². The topological polar surface area (TPSA) is 203 Å². The Morgan fingerprint density at radius 3 is 2.04 bits per heavy atom. The Kier molecular flexibility index (Phi) is 21.8. The summed E-state index contributed by atoms with van der Waals surface area (Å²) in [6.07, 6.45) is 2.66. The number of aliphatic imine (C=N–C) groups is 1. The summed E-state index contributed by atoms with van der Waals surface area (Å²) in [7, 11) is -5.17. The summed E-state index contributed by atoms with van der Waals surface area (Å²) in [4.78, 5) is 26.8. The van der Waals surface area contributed by atoms with E-state index >= 15 is 0 Å². The number of carbonyl (C=O) groups is 2. The maximum absolute atomic E-state index is 11.8. The van der Waals surface area contributed by atoms with Gasteiger partial charge in [0.1, 0.15) is 5.54 Å². The first-order valence-corrected chi connectivity index (χ1v) is 8.08. The number of guanidine groups is 1. The minimum Gasteiger partial charge on any atom is -0.759 e. The van der Waals surface area contributed by atoms with Gasteiger partial charge in [-0.1, -0.05) is 6.58 Å². The third-order valence-electron chi connectivity index (χ3n) is 2.35. The molecule has 0 unspecified atom stereocenters. The van der Waals surface area contributed by atoms with Gasteiger partial charge in [0.05, 0.1) is 0 Å². The first-order chi connectivity index (χ1) is 10.8. The molecule has 14 heteroatoms. The Morgan fingerprint density at radius 1 is 1.19 bits per heavy atom. The normalized spacial score (nSPS) is 9.85. The van der Waals surface area contributed by atoms with Crippen molar-refractivity contribution in [1.82, 2.24) is 10.6 Å². The van der Waals surface area contributed by atoms with E-state index in [2.05, 4.69) is 22.2 Å². The molecule has 26 heavy (non-hydrogen) atoms. The van der Waals surface area contributed by atoms with Crippen LogP contribution in [0.4, 0.5) is 0 Å². The van der Waals surface area contributed by atoms with Gasteiger partial charge in [0, 0.05) is 23.5 Å². The molecule has 0 rings (SSSR count). The minimum absolute atomic E-state index is 0. The Balaban J connectivity index is -0.000000304. The Morgan fingerprint density at radius 2 is 1.65 bits per heavy atom. The van der Waals surface area contributed by atoms with Gasteiger partial charge in [-0.05, 0) is 32.8 Å². The van der Waals surface area contributed by atoms with Gasteiger partial charge in [-0.15, -0.1) is 0 Å². The largest absolute Gasteiger partial charge is 1.00 e. The van der Waals surface area contributed by atoms with E-state index in [0.717, 1.165) is 18.9 Å². The average Bonchev–Trinajstić information content (AvgIpc) is 2.39. The Bertz CT molecular complexity index is 556. The summed E-state index contributed by atoms with van der Waals surface area (Å²) >= 11 is 0. The van der Waals surface area contributed by atoms with Crippen LogP contribution in [0.3, 0.4) is 0 Å². The molecule has 0 atom stereocenters. The molecule has 6 N–H and O–H groups in total. The molecule has 0 heterocycles. The third-order valence-corrected chi connectivity index (χ3v) is 2.35. The second-order valence-electron chi connectivity index (χ2n) is 5.00. The van der Waals surface area contributed by atoms with Crippen LogP contribution in [0.25, 0.3) is 0 Å². The predicted molar refractivity (Wildman–Crippen MR) is 85.8 cm³/mol. The number of hydrogen-bond acceptors (Lipinski definition) is 7. The van der Waals surface area contributed by atoms with Gasteiger partial charge in [-0.2, -0.15) is 0 Å². The van der Waals surface area contributed by atoms with Crippen LogP contribution in [0.15, 0.2) is 17.6 Å². The summed E-state index contributed by atoms with van der Waals surface area (Å²) in [5, 5.41) is 5.29. The summed E-state index contributed by atoms with van der Waals surface area (Å²) in [5.74, 6) is -0.560. The SMILES string of the molecule is C=CC(=O)NC(C)(C)C(=O)NCCCCN=C(N)N.O=S(=O)([O-])[O-].[Na+].[Na+].